The third-order valence-corrected chi connectivity index (χ3v) is 4.04. The van der Waals surface area contributed by atoms with E-state index in [2.05, 4.69) is 5.32 Å². The molecule has 1 heterocycles. The molecule has 2 aromatic rings. The number of amides is 1. The van der Waals surface area contributed by atoms with E-state index < -0.39 is 0 Å². The molecule has 0 spiro atoms. The molecule has 1 aliphatic rings. The normalized spacial score (nSPS) is 12.6. The second-order valence-electron chi connectivity index (χ2n) is 6.14. The van der Waals surface area contributed by atoms with Gasteiger partial charge in [-0.15, -0.1) is 0 Å². The average Bonchev–Trinajstić information content (AvgIpc) is 2.62. The Morgan fingerprint density at radius 2 is 1.88 bits per heavy atom. The highest BCUT2D eigenvalue weighted by Gasteiger charge is 2.11. The van der Waals surface area contributed by atoms with Gasteiger partial charge >= 0.3 is 0 Å². The van der Waals surface area contributed by atoms with Gasteiger partial charge in [-0.2, -0.15) is 0 Å². The molecule has 0 aromatic heterocycles. The van der Waals surface area contributed by atoms with Crippen LogP contribution in [-0.2, 0) is 11.2 Å². The number of benzene rings is 2. The van der Waals surface area contributed by atoms with Crippen molar-refractivity contribution in [3.63, 3.8) is 0 Å². The smallest absolute Gasteiger partial charge is 0.257 e. The van der Waals surface area contributed by atoms with Crippen molar-refractivity contribution in [2.24, 2.45) is 0 Å². The van der Waals surface area contributed by atoms with Crippen LogP contribution in [0.1, 0.15) is 16.7 Å². The molecule has 132 valence electrons. The molecule has 1 amide bonds. The Morgan fingerprint density at radius 1 is 1.08 bits per heavy atom. The summed E-state index contributed by atoms with van der Waals surface area (Å²) in [6, 6.07) is 11.8. The van der Waals surface area contributed by atoms with Crippen molar-refractivity contribution >= 4 is 5.91 Å². The lowest BCUT2D eigenvalue weighted by Gasteiger charge is -2.18. The van der Waals surface area contributed by atoms with Gasteiger partial charge in [0.25, 0.3) is 5.91 Å². The van der Waals surface area contributed by atoms with Gasteiger partial charge in [0.1, 0.15) is 19.0 Å². The van der Waals surface area contributed by atoms with Gasteiger partial charge in [0, 0.05) is 6.54 Å². The second-order valence-corrected chi connectivity index (χ2v) is 6.14. The van der Waals surface area contributed by atoms with E-state index in [4.69, 9.17) is 14.2 Å². The highest BCUT2D eigenvalue weighted by molar-refractivity contribution is 5.77. The largest absolute Gasteiger partial charge is 0.486 e. The van der Waals surface area contributed by atoms with Gasteiger partial charge in [0.05, 0.1) is 0 Å². The molecule has 0 saturated heterocycles. The third-order valence-electron chi connectivity index (χ3n) is 4.04. The number of ether oxygens (including phenoxy) is 3. The summed E-state index contributed by atoms with van der Waals surface area (Å²) in [6.07, 6.45) is 0.728. The SMILES string of the molecule is Cc1ccc(C)c(OCC(=O)NCCc2ccc3c(c2)OCCO3)c1. The van der Waals surface area contributed by atoms with E-state index in [1.54, 1.807) is 0 Å². The lowest BCUT2D eigenvalue weighted by Crippen LogP contribution is -2.30. The average molecular weight is 341 g/mol. The van der Waals surface area contributed by atoms with Crippen molar-refractivity contribution in [2.45, 2.75) is 20.3 Å². The summed E-state index contributed by atoms with van der Waals surface area (Å²) in [7, 11) is 0. The Kier molecular flexibility index (Phi) is 5.43. The fourth-order valence-electron chi connectivity index (χ4n) is 2.65. The molecule has 25 heavy (non-hydrogen) atoms. The zero-order valence-corrected chi connectivity index (χ0v) is 14.6. The summed E-state index contributed by atoms with van der Waals surface area (Å²) in [4.78, 5) is 12.0. The molecule has 0 atom stereocenters. The minimum absolute atomic E-state index is 0.0193. The summed E-state index contributed by atoms with van der Waals surface area (Å²) < 4.78 is 16.7. The van der Waals surface area contributed by atoms with E-state index in [0.29, 0.717) is 19.8 Å². The van der Waals surface area contributed by atoms with E-state index in [1.807, 2.05) is 50.2 Å². The van der Waals surface area contributed by atoms with Crippen molar-refractivity contribution in [1.82, 2.24) is 5.32 Å². The van der Waals surface area contributed by atoms with Crippen LogP contribution in [0, 0.1) is 13.8 Å². The Morgan fingerprint density at radius 3 is 2.72 bits per heavy atom. The molecule has 0 bridgehead atoms. The van der Waals surface area contributed by atoms with Crippen LogP contribution in [0.3, 0.4) is 0 Å². The summed E-state index contributed by atoms with van der Waals surface area (Å²) >= 11 is 0. The molecular weight excluding hydrogens is 318 g/mol. The number of nitrogens with one attached hydrogen (secondary N) is 1. The van der Waals surface area contributed by atoms with Crippen LogP contribution in [0.2, 0.25) is 0 Å². The first-order valence-corrected chi connectivity index (χ1v) is 8.47. The first-order chi connectivity index (χ1) is 12.1. The minimum Gasteiger partial charge on any atom is -0.486 e. The standard InChI is InChI=1S/C20H23NO4/c1-14-3-4-15(2)18(11-14)25-13-20(22)21-8-7-16-5-6-17-19(12-16)24-10-9-23-17/h3-6,11-12H,7-10,13H2,1-2H3,(H,21,22). The van der Waals surface area contributed by atoms with E-state index >= 15 is 0 Å². The van der Waals surface area contributed by atoms with Gasteiger partial charge in [-0.1, -0.05) is 18.2 Å². The highest BCUT2D eigenvalue weighted by Crippen LogP contribution is 2.30. The maximum atomic E-state index is 12.0. The molecule has 1 N–H and O–H groups in total. The molecule has 5 heteroatoms. The second kappa shape index (κ2) is 7.92. The number of hydrogen-bond donors (Lipinski definition) is 1. The van der Waals surface area contributed by atoms with Crippen molar-refractivity contribution < 1.29 is 19.0 Å². The maximum Gasteiger partial charge on any atom is 0.257 e. The van der Waals surface area contributed by atoms with Gasteiger partial charge in [0.15, 0.2) is 18.1 Å². The predicted octanol–water partition coefficient (Wildman–Crippen LogP) is 2.81. The molecule has 0 unspecified atom stereocenters. The van der Waals surface area contributed by atoms with Crippen LogP contribution < -0.4 is 19.5 Å². The summed E-state index contributed by atoms with van der Waals surface area (Å²) in [5.74, 6) is 2.18. The Bertz CT molecular complexity index is 757. The molecule has 0 radical (unpaired) electrons. The lowest BCUT2D eigenvalue weighted by atomic mass is 10.1. The Balaban J connectivity index is 1.44. The quantitative estimate of drug-likeness (QED) is 0.878. The van der Waals surface area contributed by atoms with Gasteiger partial charge in [0.2, 0.25) is 0 Å². The number of carbonyl (C=O) groups excluding carboxylic acids is 1. The van der Waals surface area contributed by atoms with Crippen LogP contribution in [0.15, 0.2) is 36.4 Å². The van der Waals surface area contributed by atoms with E-state index in [1.165, 1.54) is 0 Å². The van der Waals surface area contributed by atoms with Crippen LogP contribution >= 0.6 is 0 Å². The molecule has 0 saturated carbocycles. The number of hydrogen-bond acceptors (Lipinski definition) is 4. The zero-order valence-electron chi connectivity index (χ0n) is 14.6. The van der Waals surface area contributed by atoms with Crippen LogP contribution in [0.4, 0.5) is 0 Å². The summed E-state index contributed by atoms with van der Waals surface area (Å²) in [5.41, 5.74) is 3.23. The lowest BCUT2D eigenvalue weighted by molar-refractivity contribution is -0.123. The topological polar surface area (TPSA) is 56.8 Å². The molecule has 2 aromatic carbocycles. The molecule has 1 aliphatic heterocycles. The molecular formula is C20H23NO4. The minimum atomic E-state index is -0.126. The molecule has 5 nitrogen and oxygen atoms in total. The monoisotopic (exact) mass is 341 g/mol. The van der Waals surface area contributed by atoms with Crippen LogP contribution in [0.5, 0.6) is 17.2 Å². The van der Waals surface area contributed by atoms with Crippen molar-refractivity contribution in [2.75, 3.05) is 26.4 Å². The number of rotatable bonds is 6. The Labute approximate surface area is 147 Å². The fraction of sp³-hybridized carbons (Fsp3) is 0.350. The van der Waals surface area contributed by atoms with Gasteiger partial charge in [-0.05, 0) is 55.2 Å². The first-order valence-electron chi connectivity index (χ1n) is 8.47. The van der Waals surface area contributed by atoms with Gasteiger partial charge < -0.3 is 19.5 Å². The summed E-state index contributed by atoms with van der Waals surface area (Å²) in [5, 5.41) is 2.88. The van der Waals surface area contributed by atoms with Crippen molar-refractivity contribution in [1.29, 1.82) is 0 Å². The molecule has 0 aliphatic carbocycles. The van der Waals surface area contributed by atoms with Gasteiger partial charge in [-0.3, -0.25) is 4.79 Å². The maximum absolute atomic E-state index is 12.0. The number of carbonyl (C=O) groups is 1. The van der Waals surface area contributed by atoms with Crippen LogP contribution in [0.25, 0.3) is 0 Å². The van der Waals surface area contributed by atoms with Gasteiger partial charge in [-0.25, -0.2) is 0 Å². The van der Waals surface area contributed by atoms with Crippen LogP contribution in [-0.4, -0.2) is 32.3 Å². The van der Waals surface area contributed by atoms with E-state index in [0.717, 1.165) is 40.4 Å². The fourth-order valence-corrected chi connectivity index (χ4v) is 2.65. The first kappa shape index (κ1) is 17.1. The van der Waals surface area contributed by atoms with Crippen molar-refractivity contribution in [3.8, 4) is 17.2 Å². The van der Waals surface area contributed by atoms with E-state index in [9.17, 15) is 4.79 Å². The number of aryl methyl sites for hydroxylation is 2. The third kappa shape index (κ3) is 4.66. The Hall–Kier alpha value is -2.69. The summed E-state index contributed by atoms with van der Waals surface area (Å²) in [6.45, 7) is 5.69. The zero-order chi connectivity index (χ0) is 17.6. The molecule has 3 rings (SSSR count). The van der Waals surface area contributed by atoms with Crippen molar-refractivity contribution in [3.05, 3.63) is 53.1 Å². The predicted molar refractivity (Wildman–Crippen MR) is 95.6 cm³/mol. The highest BCUT2D eigenvalue weighted by atomic mass is 16.6. The number of fused-ring (bicyclic) bond motifs is 1. The molecule has 0 fully saturated rings. The van der Waals surface area contributed by atoms with E-state index in [-0.39, 0.29) is 12.5 Å².